The van der Waals surface area contributed by atoms with E-state index in [9.17, 15) is 5.11 Å². The quantitative estimate of drug-likeness (QED) is 0.521. The Balaban J connectivity index is 0.000000968. The van der Waals surface area contributed by atoms with Crippen molar-refractivity contribution >= 4 is 0 Å². The van der Waals surface area contributed by atoms with Crippen LogP contribution in [0.4, 0.5) is 0 Å². The van der Waals surface area contributed by atoms with Gasteiger partial charge in [-0.15, -0.1) is 0 Å². The first-order valence-corrected chi connectivity index (χ1v) is 8.22. The first-order chi connectivity index (χ1) is 8.68. The number of aliphatic hydroxyl groups excluding tert-OH is 1. The maximum Gasteiger partial charge on any atom is 0.110 e. The maximum atomic E-state index is 11.0. The lowest BCUT2D eigenvalue weighted by Crippen LogP contribution is -3.22. The predicted molar refractivity (Wildman–Crippen MR) is 69.2 cm³/mol. The molecule has 2 aliphatic heterocycles. The molecular formula is C16H26BrNO. The number of quaternary nitrogens is 1. The molecule has 0 aromatic carbocycles. The van der Waals surface area contributed by atoms with Crippen LogP contribution in [0, 0.1) is 29.1 Å². The SMILES string of the molecule is C[C@@H]1C[C@H]2C[C@@H](O)[C@]34CCC[NH+]5C[C@H]3C[C@H]2[C@@]54C1.[Br-]. The van der Waals surface area contributed by atoms with Gasteiger partial charge in [0.05, 0.1) is 24.6 Å². The zero-order valence-corrected chi connectivity index (χ0v) is 13.5. The zero-order chi connectivity index (χ0) is 12.1. The van der Waals surface area contributed by atoms with Crippen LogP contribution in [0.25, 0.3) is 0 Å². The van der Waals surface area contributed by atoms with Crippen LogP contribution in [0.15, 0.2) is 0 Å². The highest BCUT2D eigenvalue weighted by Gasteiger charge is 2.82. The van der Waals surface area contributed by atoms with Crippen LogP contribution < -0.4 is 21.9 Å². The highest BCUT2D eigenvalue weighted by atomic mass is 79.9. The molecule has 0 aromatic heterocycles. The van der Waals surface area contributed by atoms with Gasteiger partial charge in [-0.3, -0.25) is 0 Å². The monoisotopic (exact) mass is 327 g/mol. The Morgan fingerprint density at radius 2 is 2.05 bits per heavy atom. The first kappa shape index (κ1) is 13.1. The molecule has 3 heteroatoms. The maximum absolute atomic E-state index is 11.0. The number of nitrogens with one attached hydrogen (secondary N) is 1. The van der Waals surface area contributed by atoms with Crippen LogP contribution in [0.1, 0.15) is 45.4 Å². The van der Waals surface area contributed by atoms with Gasteiger partial charge in [-0.1, -0.05) is 6.92 Å². The van der Waals surface area contributed by atoms with Crippen molar-refractivity contribution in [2.75, 3.05) is 13.1 Å². The molecule has 1 unspecified atom stereocenters. The van der Waals surface area contributed by atoms with Crippen LogP contribution in [0.5, 0.6) is 0 Å². The van der Waals surface area contributed by atoms with Gasteiger partial charge >= 0.3 is 0 Å². The van der Waals surface area contributed by atoms with Gasteiger partial charge in [0.15, 0.2) is 0 Å². The third-order valence-electron chi connectivity index (χ3n) is 7.99. The topological polar surface area (TPSA) is 24.7 Å². The Bertz CT molecular complexity index is 416. The molecule has 108 valence electrons. The molecule has 3 aliphatic carbocycles. The molecule has 2 saturated heterocycles. The highest BCUT2D eigenvalue weighted by Crippen LogP contribution is 2.70. The Hall–Kier alpha value is 0.400. The molecule has 5 rings (SSSR count). The van der Waals surface area contributed by atoms with Crippen LogP contribution in [0.3, 0.4) is 0 Å². The third-order valence-corrected chi connectivity index (χ3v) is 7.99. The Morgan fingerprint density at radius 1 is 1.21 bits per heavy atom. The molecule has 0 radical (unpaired) electrons. The minimum Gasteiger partial charge on any atom is -1.00 e. The molecule has 2 nitrogen and oxygen atoms in total. The highest BCUT2D eigenvalue weighted by molar-refractivity contribution is 5.24. The number of piperidine rings is 2. The summed E-state index contributed by atoms with van der Waals surface area (Å²) in [7, 11) is 0. The normalized spacial score (nSPS) is 64.7. The molecule has 0 amide bonds. The second-order valence-electron chi connectivity index (χ2n) is 8.27. The van der Waals surface area contributed by atoms with Crippen LogP contribution in [-0.4, -0.2) is 29.8 Å². The van der Waals surface area contributed by atoms with Crippen molar-refractivity contribution < 1.29 is 27.0 Å². The molecule has 3 saturated carbocycles. The number of aliphatic hydroxyl groups is 1. The molecule has 2 N–H and O–H groups in total. The van der Waals surface area contributed by atoms with E-state index in [1.165, 1.54) is 45.2 Å². The molecule has 8 atom stereocenters. The minimum absolute atomic E-state index is 0. The average molecular weight is 328 g/mol. The Morgan fingerprint density at radius 3 is 2.89 bits per heavy atom. The van der Waals surface area contributed by atoms with Crippen molar-refractivity contribution in [1.29, 1.82) is 0 Å². The van der Waals surface area contributed by atoms with Gasteiger partial charge in [0.25, 0.3) is 0 Å². The van der Waals surface area contributed by atoms with Gasteiger partial charge in [0, 0.05) is 18.3 Å². The summed E-state index contributed by atoms with van der Waals surface area (Å²) in [6.45, 7) is 5.28. The van der Waals surface area contributed by atoms with Crippen LogP contribution >= 0.6 is 0 Å². The third kappa shape index (κ3) is 1.16. The average Bonchev–Trinajstić information content (AvgIpc) is 2.59. The summed E-state index contributed by atoms with van der Waals surface area (Å²) in [4.78, 5) is 1.92. The fourth-order valence-corrected chi connectivity index (χ4v) is 8.00. The summed E-state index contributed by atoms with van der Waals surface area (Å²) in [6.07, 6.45) is 8.20. The van der Waals surface area contributed by atoms with Crippen molar-refractivity contribution in [3.8, 4) is 0 Å². The van der Waals surface area contributed by atoms with Crippen molar-refractivity contribution in [2.24, 2.45) is 29.1 Å². The molecule has 2 heterocycles. The molecule has 19 heavy (non-hydrogen) atoms. The number of hydrogen-bond acceptors (Lipinski definition) is 1. The lowest BCUT2D eigenvalue weighted by Gasteiger charge is -2.61. The fourth-order valence-electron chi connectivity index (χ4n) is 8.00. The van der Waals surface area contributed by atoms with Gasteiger partial charge in [-0.25, -0.2) is 0 Å². The minimum atomic E-state index is 0. The smallest absolute Gasteiger partial charge is 0.110 e. The van der Waals surface area contributed by atoms with Crippen LogP contribution in [-0.2, 0) is 0 Å². The van der Waals surface area contributed by atoms with E-state index in [0.717, 1.165) is 30.1 Å². The van der Waals surface area contributed by atoms with E-state index in [0.29, 0.717) is 11.0 Å². The molecule has 0 aromatic rings. The molecular weight excluding hydrogens is 302 g/mol. The van der Waals surface area contributed by atoms with E-state index in [2.05, 4.69) is 6.92 Å². The number of hydrogen-bond donors (Lipinski definition) is 2. The van der Waals surface area contributed by atoms with E-state index >= 15 is 0 Å². The summed E-state index contributed by atoms with van der Waals surface area (Å²) in [5.74, 6) is 3.61. The molecule has 5 aliphatic rings. The van der Waals surface area contributed by atoms with Crippen molar-refractivity contribution in [3.63, 3.8) is 0 Å². The number of rotatable bonds is 0. The summed E-state index contributed by atoms with van der Waals surface area (Å²) in [5.41, 5.74) is 0.881. The van der Waals surface area contributed by atoms with Gasteiger partial charge < -0.3 is 27.0 Å². The van der Waals surface area contributed by atoms with Gasteiger partial charge in [0.1, 0.15) is 5.54 Å². The first-order valence-electron chi connectivity index (χ1n) is 8.22. The summed E-state index contributed by atoms with van der Waals surface area (Å²) in [5, 5.41) is 11.0. The second kappa shape index (κ2) is 3.78. The predicted octanol–water partition coefficient (Wildman–Crippen LogP) is -2.15. The lowest BCUT2D eigenvalue weighted by atomic mass is 9.48. The van der Waals surface area contributed by atoms with Crippen molar-refractivity contribution in [3.05, 3.63) is 0 Å². The number of halogens is 1. The van der Waals surface area contributed by atoms with E-state index < -0.39 is 0 Å². The van der Waals surface area contributed by atoms with Crippen molar-refractivity contribution in [1.82, 2.24) is 0 Å². The standard InChI is InChI=1S/C16H25NO.BrH/c1-10-5-11-6-14(18)15-3-2-4-17-9-12(15)7-13(11)16(15,17)8-10;/h10-14,18H,2-9H2,1H3;1H/t10-,11+,12-,13-,14-,15+,16-;/m1./s1. The second-order valence-corrected chi connectivity index (χ2v) is 8.27. The van der Waals surface area contributed by atoms with E-state index in [4.69, 9.17) is 0 Å². The van der Waals surface area contributed by atoms with E-state index in [1.54, 1.807) is 0 Å². The largest absolute Gasteiger partial charge is 1.00 e. The van der Waals surface area contributed by atoms with Gasteiger partial charge in [-0.2, -0.15) is 0 Å². The van der Waals surface area contributed by atoms with Gasteiger partial charge in [-0.05, 0) is 43.9 Å². The zero-order valence-electron chi connectivity index (χ0n) is 11.9. The summed E-state index contributed by atoms with van der Waals surface area (Å²) >= 11 is 0. The lowest BCUT2D eigenvalue weighted by molar-refractivity contribution is -0.962. The Kier molecular flexibility index (Phi) is 2.60. The molecule has 6 bridgehead atoms. The van der Waals surface area contributed by atoms with Crippen molar-refractivity contribution in [2.45, 2.75) is 57.1 Å². The van der Waals surface area contributed by atoms with Crippen LogP contribution in [0.2, 0.25) is 0 Å². The summed E-state index contributed by atoms with van der Waals surface area (Å²) in [6, 6.07) is 0. The van der Waals surface area contributed by atoms with E-state index in [-0.39, 0.29) is 23.1 Å². The Labute approximate surface area is 126 Å². The summed E-state index contributed by atoms with van der Waals surface area (Å²) < 4.78 is 0. The fraction of sp³-hybridized carbons (Fsp3) is 1.00. The van der Waals surface area contributed by atoms with Gasteiger partial charge in [0.2, 0.25) is 0 Å². The molecule has 5 fully saturated rings. The van der Waals surface area contributed by atoms with E-state index in [1.807, 2.05) is 4.90 Å². The molecule has 1 spiro atoms.